The SMILES string of the molecule is CCNC(c1c(C)cnn1C)C1CC2CC2C1. The molecule has 0 aromatic carbocycles. The fourth-order valence-corrected chi connectivity index (χ4v) is 3.74. The number of fused-ring (bicyclic) bond motifs is 1. The molecule has 3 nitrogen and oxygen atoms in total. The van der Waals surface area contributed by atoms with Crippen LogP contribution in [0, 0.1) is 24.7 Å². The van der Waals surface area contributed by atoms with Gasteiger partial charge in [-0.25, -0.2) is 0 Å². The van der Waals surface area contributed by atoms with E-state index in [0.717, 1.165) is 24.3 Å². The lowest BCUT2D eigenvalue weighted by atomic mass is 9.90. The first-order valence-corrected chi connectivity index (χ1v) is 6.92. The van der Waals surface area contributed by atoms with Crippen LogP contribution in [0.2, 0.25) is 0 Å². The highest BCUT2D eigenvalue weighted by Gasteiger charge is 2.48. The molecule has 94 valence electrons. The maximum Gasteiger partial charge on any atom is 0.0582 e. The molecule has 0 bridgehead atoms. The van der Waals surface area contributed by atoms with Crippen molar-refractivity contribution < 1.29 is 0 Å². The Bertz CT molecular complexity index is 380. The number of rotatable bonds is 4. The molecule has 2 aliphatic rings. The van der Waals surface area contributed by atoms with Crippen LogP contribution < -0.4 is 5.32 Å². The third kappa shape index (κ3) is 1.90. The van der Waals surface area contributed by atoms with Crippen molar-refractivity contribution in [2.24, 2.45) is 24.8 Å². The van der Waals surface area contributed by atoms with E-state index in [1.54, 1.807) is 0 Å². The molecule has 2 aliphatic carbocycles. The zero-order chi connectivity index (χ0) is 12.0. The summed E-state index contributed by atoms with van der Waals surface area (Å²) in [5, 5.41) is 8.09. The minimum atomic E-state index is 0.514. The predicted octanol–water partition coefficient (Wildman–Crippen LogP) is 2.43. The second-order valence-corrected chi connectivity index (χ2v) is 5.86. The van der Waals surface area contributed by atoms with Gasteiger partial charge in [0.15, 0.2) is 0 Å². The fourth-order valence-electron chi connectivity index (χ4n) is 3.74. The molecular formula is C14H23N3. The molecule has 3 rings (SSSR count). The Morgan fingerprint density at radius 1 is 1.41 bits per heavy atom. The summed E-state index contributed by atoms with van der Waals surface area (Å²) in [6.45, 7) is 5.43. The van der Waals surface area contributed by atoms with Gasteiger partial charge in [-0.15, -0.1) is 0 Å². The van der Waals surface area contributed by atoms with Gasteiger partial charge >= 0.3 is 0 Å². The van der Waals surface area contributed by atoms with Gasteiger partial charge in [0.1, 0.15) is 0 Å². The fraction of sp³-hybridized carbons (Fsp3) is 0.786. The average Bonchev–Trinajstić information content (AvgIpc) is 2.77. The third-order valence-corrected chi connectivity index (χ3v) is 4.65. The summed E-state index contributed by atoms with van der Waals surface area (Å²) in [5.74, 6) is 2.93. The van der Waals surface area contributed by atoms with Crippen LogP contribution in [0.15, 0.2) is 6.20 Å². The molecule has 0 amide bonds. The summed E-state index contributed by atoms with van der Waals surface area (Å²) in [7, 11) is 2.07. The van der Waals surface area contributed by atoms with Crippen LogP contribution in [-0.2, 0) is 7.05 Å². The molecule has 3 atom stereocenters. The third-order valence-electron chi connectivity index (χ3n) is 4.65. The van der Waals surface area contributed by atoms with E-state index in [0.29, 0.717) is 6.04 Å². The van der Waals surface area contributed by atoms with Crippen LogP contribution in [0.25, 0.3) is 0 Å². The van der Waals surface area contributed by atoms with Crippen LogP contribution in [0.3, 0.4) is 0 Å². The highest BCUT2D eigenvalue weighted by molar-refractivity contribution is 5.21. The Morgan fingerprint density at radius 2 is 2.12 bits per heavy atom. The molecular weight excluding hydrogens is 210 g/mol. The average molecular weight is 233 g/mol. The van der Waals surface area contributed by atoms with Crippen molar-refractivity contribution >= 4 is 0 Å². The van der Waals surface area contributed by atoms with E-state index in [1.807, 2.05) is 6.20 Å². The molecule has 1 aromatic heterocycles. The van der Waals surface area contributed by atoms with Crippen LogP contribution in [0.5, 0.6) is 0 Å². The number of nitrogens with zero attached hydrogens (tertiary/aromatic N) is 2. The minimum Gasteiger partial charge on any atom is -0.309 e. The molecule has 2 saturated carbocycles. The van der Waals surface area contributed by atoms with Crippen LogP contribution in [-0.4, -0.2) is 16.3 Å². The van der Waals surface area contributed by atoms with Gasteiger partial charge in [-0.3, -0.25) is 4.68 Å². The largest absolute Gasteiger partial charge is 0.309 e. The maximum absolute atomic E-state index is 4.40. The van der Waals surface area contributed by atoms with Gasteiger partial charge in [0, 0.05) is 7.05 Å². The summed E-state index contributed by atoms with van der Waals surface area (Å²) >= 11 is 0. The lowest BCUT2D eigenvalue weighted by Gasteiger charge is -2.26. The van der Waals surface area contributed by atoms with E-state index >= 15 is 0 Å². The van der Waals surface area contributed by atoms with Crippen molar-refractivity contribution in [2.45, 2.75) is 39.2 Å². The zero-order valence-corrected chi connectivity index (χ0v) is 11.1. The van der Waals surface area contributed by atoms with Gasteiger partial charge in [-0.05, 0) is 56.0 Å². The van der Waals surface area contributed by atoms with Gasteiger partial charge in [0.2, 0.25) is 0 Å². The molecule has 0 spiro atoms. The van der Waals surface area contributed by atoms with Crippen LogP contribution in [0.1, 0.15) is 43.5 Å². The van der Waals surface area contributed by atoms with Crippen molar-refractivity contribution in [3.8, 4) is 0 Å². The maximum atomic E-state index is 4.40. The summed E-state index contributed by atoms with van der Waals surface area (Å²) in [6.07, 6.45) is 6.34. The highest BCUT2D eigenvalue weighted by atomic mass is 15.3. The smallest absolute Gasteiger partial charge is 0.0582 e. The van der Waals surface area contributed by atoms with Crippen molar-refractivity contribution in [1.29, 1.82) is 0 Å². The Balaban J connectivity index is 1.84. The molecule has 3 heteroatoms. The van der Waals surface area contributed by atoms with E-state index in [9.17, 15) is 0 Å². The number of aryl methyl sites for hydroxylation is 2. The van der Waals surface area contributed by atoms with Gasteiger partial charge in [-0.2, -0.15) is 5.10 Å². The molecule has 1 heterocycles. The van der Waals surface area contributed by atoms with Gasteiger partial charge in [0.25, 0.3) is 0 Å². The summed E-state index contributed by atoms with van der Waals surface area (Å²) in [4.78, 5) is 0. The van der Waals surface area contributed by atoms with E-state index < -0.39 is 0 Å². The molecule has 0 radical (unpaired) electrons. The van der Waals surface area contributed by atoms with Crippen molar-refractivity contribution in [2.75, 3.05) is 6.54 Å². The molecule has 2 fully saturated rings. The lowest BCUT2D eigenvalue weighted by Crippen LogP contribution is -2.30. The monoisotopic (exact) mass is 233 g/mol. The van der Waals surface area contributed by atoms with E-state index in [4.69, 9.17) is 0 Å². The van der Waals surface area contributed by atoms with Gasteiger partial charge < -0.3 is 5.32 Å². The molecule has 0 saturated heterocycles. The summed E-state index contributed by atoms with van der Waals surface area (Å²) < 4.78 is 2.06. The zero-order valence-electron chi connectivity index (χ0n) is 11.1. The predicted molar refractivity (Wildman–Crippen MR) is 68.7 cm³/mol. The standard InChI is InChI=1S/C14H23N3/c1-4-15-13(12-6-10-5-11(10)7-12)14-9(2)8-16-17(14)3/h8,10-13,15H,4-7H2,1-3H3. The van der Waals surface area contributed by atoms with E-state index in [1.165, 1.54) is 30.5 Å². The first-order chi connectivity index (χ1) is 8.20. The number of hydrogen-bond donors (Lipinski definition) is 1. The Kier molecular flexibility index (Phi) is 2.74. The molecule has 0 aliphatic heterocycles. The molecule has 1 N–H and O–H groups in total. The normalized spacial score (nSPS) is 32.5. The van der Waals surface area contributed by atoms with Gasteiger partial charge in [-0.1, -0.05) is 6.92 Å². The Labute approximate surface area is 104 Å². The van der Waals surface area contributed by atoms with E-state index in [-0.39, 0.29) is 0 Å². The van der Waals surface area contributed by atoms with E-state index in [2.05, 4.69) is 36.0 Å². The van der Waals surface area contributed by atoms with Crippen molar-refractivity contribution in [3.63, 3.8) is 0 Å². The van der Waals surface area contributed by atoms with Gasteiger partial charge in [0.05, 0.1) is 17.9 Å². The van der Waals surface area contributed by atoms with Crippen molar-refractivity contribution in [3.05, 3.63) is 17.5 Å². The topological polar surface area (TPSA) is 29.9 Å². The summed E-state index contributed by atoms with van der Waals surface area (Å²) in [5.41, 5.74) is 2.73. The second kappa shape index (κ2) is 4.13. The summed E-state index contributed by atoms with van der Waals surface area (Å²) in [6, 6.07) is 0.514. The van der Waals surface area contributed by atoms with Crippen molar-refractivity contribution in [1.82, 2.24) is 15.1 Å². The number of hydrogen-bond acceptors (Lipinski definition) is 2. The first kappa shape index (κ1) is 11.3. The second-order valence-electron chi connectivity index (χ2n) is 5.86. The molecule has 3 unspecified atom stereocenters. The first-order valence-electron chi connectivity index (χ1n) is 6.92. The highest BCUT2D eigenvalue weighted by Crippen LogP contribution is 2.57. The van der Waals surface area contributed by atoms with Crippen LogP contribution in [0.4, 0.5) is 0 Å². The quantitative estimate of drug-likeness (QED) is 0.865. The minimum absolute atomic E-state index is 0.514. The Hall–Kier alpha value is -0.830. The Morgan fingerprint density at radius 3 is 2.65 bits per heavy atom. The number of nitrogens with one attached hydrogen (secondary N) is 1. The lowest BCUT2D eigenvalue weighted by molar-refractivity contribution is 0.331. The molecule has 1 aromatic rings. The van der Waals surface area contributed by atoms with Crippen LogP contribution >= 0.6 is 0 Å². The number of aromatic nitrogens is 2. The molecule has 17 heavy (non-hydrogen) atoms.